The fourth-order valence-electron chi connectivity index (χ4n) is 0.389. The minimum atomic E-state index is -0.336. The zero-order chi connectivity index (χ0) is 5.28. The number of nitrogens with two attached hydrogens (primary N) is 1. The Morgan fingerprint density at radius 2 is 2.57 bits per heavy atom. The maximum atomic E-state index is 10.1. The highest BCUT2D eigenvalue weighted by molar-refractivity contribution is 5.84. The van der Waals surface area contributed by atoms with Crippen molar-refractivity contribution < 1.29 is 9.53 Å². The van der Waals surface area contributed by atoms with Crippen molar-refractivity contribution in [2.45, 2.75) is 0 Å². The summed E-state index contributed by atoms with van der Waals surface area (Å²) in [6.07, 6.45) is 1.28. The van der Waals surface area contributed by atoms with Crippen molar-refractivity contribution in [3.05, 3.63) is 11.8 Å². The number of esters is 1. The largest absolute Gasteiger partial charge is 0.456 e. The molecule has 7 heavy (non-hydrogen) atoms. The number of hydrogen-bond donors (Lipinski definition) is 1. The fraction of sp³-hybridized carbons (Fsp3) is 0.250. The van der Waals surface area contributed by atoms with E-state index in [1.165, 1.54) is 6.08 Å². The highest BCUT2D eigenvalue weighted by Gasteiger charge is 2.07. The van der Waals surface area contributed by atoms with Crippen molar-refractivity contribution >= 4 is 5.97 Å². The van der Waals surface area contributed by atoms with Gasteiger partial charge in [-0.3, -0.25) is 0 Å². The Hall–Kier alpha value is -0.990. The van der Waals surface area contributed by atoms with Gasteiger partial charge in [0, 0.05) is 6.08 Å². The average molecular weight is 99.1 g/mol. The first-order chi connectivity index (χ1) is 3.29. The Kier molecular flexibility index (Phi) is 0.749. The third kappa shape index (κ3) is 0.707. The van der Waals surface area contributed by atoms with Crippen LogP contribution in [0.2, 0.25) is 0 Å². The molecule has 0 aliphatic carbocycles. The average Bonchev–Trinajstić information content (AvgIpc) is 1.87. The molecule has 0 aromatic carbocycles. The molecule has 0 atom stereocenters. The highest BCUT2D eigenvalue weighted by atomic mass is 16.5. The van der Waals surface area contributed by atoms with Crippen molar-refractivity contribution in [1.29, 1.82) is 0 Å². The first-order valence-electron chi connectivity index (χ1n) is 1.92. The summed E-state index contributed by atoms with van der Waals surface area (Å²) < 4.78 is 4.41. The van der Waals surface area contributed by atoms with E-state index in [2.05, 4.69) is 4.74 Å². The van der Waals surface area contributed by atoms with Crippen LogP contribution in [0.15, 0.2) is 11.8 Å². The van der Waals surface area contributed by atoms with E-state index in [9.17, 15) is 4.79 Å². The van der Waals surface area contributed by atoms with E-state index in [1.807, 2.05) is 0 Å². The second kappa shape index (κ2) is 1.26. The molecule has 3 nitrogen and oxygen atoms in total. The van der Waals surface area contributed by atoms with Crippen LogP contribution in [-0.4, -0.2) is 12.6 Å². The lowest BCUT2D eigenvalue weighted by atomic mass is 10.5. The lowest BCUT2D eigenvalue weighted by Gasteiger charge is -1.85. The van der Waals surface area contributed by atoms with Crippen LogP contribution in [0.4, 0.5) is 0 Å². The zero-order valence-corrected chi connectivity index (χ0v) is 3.68. The second-order valence-corrected chi connectivity index (χ2v) is 1.33. The van der Waals surface area contributed by atoms with Gasteiger partial charge in [-0.2, -0.15) is 0 Å². The standard InChI is InChI=1S/C4H5NO2/c5-3-1-4(6)7-2-3/h1H,2,5H2. The van der Waals surface area contributed by atoms with Crippen molar-refractivity contribution in [2.75, 3.05) is 6.61 Å². The van der Waals surface area contributed by atoms with Gasteiger partial charge < -0.3 is 10.5 Å². The molecule has 0 amide bonds. The molecule has 3 heteroatoms. The monoisotopic (exact) mass is 99.0 g/mol. The van der Waals surface area contributed by atoms with Crippen LogP contribution in [0, 0.1) is 0 Å². The van der Waals surface area contributed by atoms with Crippen LogP contribution in [0.3, 0.4) is 0 Å². The maximum Gasteiger partial charge on any atom is 0.333 e. The summed E-state index contributed by atoms with van der Waals surface area (Å²) in [4.78, 5) is 10.1. The van der Waals surface area contributed by atoms with Gasteiger partial charge in [-0.05, 0) is 0 Å². The number of carbonyl (C=O) groups is 1. The third-order valence-electron chi connectivity index (χ3n) is 0.684. The minimum Gasteiger partial charge on any atom is -0.456 e. The Morgan fingerprint density at radius 1 is 1.86 bits per heavy atom. The third-order valence-corrected chi connectivity index (χ3v) is 0.684. The number of rotatable bonds is 0. The molecule has 1 rings (SSSR count). The summed E-state index contributed by atoms with van der Waals surface area (Å²) >= 11 is 0. The predicted octanol–water partition coefficient (Wildman–Crippen LogP) is -0.614. The van der Waals surface area contributed by atoms with Crippen LogP contribution < -0.4 is 5.73 Å². The molecule has 0 unspecified atom stereocenters. The highest BCUT2D eigenvalue weighted by Crippen LogP contribution is 1.96. The van der Waals surface area contributed by atoms with Gasteiger partial charge in [-0.25, -0.2) is 4.79 Å². The molecule has 0 saturated heterocycles. The first-order valence-corrected chi connectivity index (χ1v) is 1.92. The van der Waals surface area contributed by atoms with Crippen LogP contribution in [0.25, 0.3) is 0 Å². The Bertz CT molecular complexity index is 128. The van der Waals surface area contributed by atoms with E-state index >= 15 is 0 Å². The number of cyclic esters (lactones) is 1. The predicted molar refractivity (Wildman–Crippen MR) is 23.2 cm³/mol. The van der Waals surface area contributed by atoms with Gasteiger partial charge in [-0.1, -0.05) is 0 Å². The number of ether oxygens (including phenoxy) is 1. The molecular weight excluding hydrogens is 94.0 g/mol. The van der Waals surface area contributed by atoms with E-state index < -0.39 is 0 Å². The molecule has 1 aliphatic rings. The van der Waals surface area contributed by atoms with Crippen molar-refractivity contribution in [3.8, 4) is 0 Å². The molecule has 0 bridgehead atoms. The van der Waals surface area contributed by atoms with Crippen LogP contribution in [-0.2, 0) is 9.53 Å². The molecule has 0 spiro atoms. The molecule has 2 N–H and O–H groups in total. The fourth-order valence-corrected chi connectivity index (χ4v) is 0.389. The van der Waals surface area contributed by atoms with Gasteiger partial charge in [-0.15, -0.1) is 0 Å². The molecule has 1 aliphatic heterocycles. The SMILES string of the molecule is NC1=CC(=O)OC1. The summed E-state index contributed by atoms with van der Waals surface area (Å²) in [7, 11) is 0. The Labute approximate surface area is 40.8 Å². The van der Waals surface area contributed by atoms with Crippen molar-refractivity contribution in [1.82, 2.24) is 0 Å². The first kappa shape index (κ1) is 4.18. The van der Waals surface area contributed by atoms with E-state index in [0.717, 1.165) is 0 Å². The Morgan fingerprint density at radius 3 is 2.71 bits per heavy atom. The summed E-state index contributed by atoms with van der Waals surface area (Å²) in [5.74, 6) is -0.336. The lowest BCUT2D eigenvalue weighted by Crippen LogP contribution is -1.97. The number of hydrogen-bond acceptors (Lipinski definition) is 3. The number of carbonyl (C=O) groups excluding carboxylic acids is 1. The summed E-state index contributed by atoms with van der Waals surface area (Å²) in [6, 6.07) is 0. The van der Waals surface area contributed by atoms with Crippen LogP contribution >= 0.6 is 0 Å². The van der Waals surface area contributed by atoms with Gasteiger partial charge in [0.25, 0.3) is 0 Å². The molecule has 38 valence electrons. The second-order valence-electron chi connectivity index (χ2n) is 1.33. The summed E-state index contributed by atoms with van der Waals surface area (Å²) in [6.45, 7) is 0.263. The maximum absolute atomic E-state index is 10.1. The van der Waals surface area contributed by atoms with E-state index in [1.54, 1.807) is 0 Å². The van der Waals surface area contributed by atoms with Gasteiger partial charge in [0.05, 0.1) is 5.70 Å². The quantitative estimate of drug-likeness (QED) is 0.412. The van der Waals surface area contributed by atoms with Crippen LogP contribution in [0.1, 0.15) is 0 Å². The smallest absolute Gasteiger partial charge is 0.333 e. The minimum absolute atomic E-state index is 0.263. The van der Waals surface area contributed by atoms with Crippen molar-refractivity contribution in [2.24, 2.45) is 5.73 Å². The van der Waals surface area contributed by atoms with Gasteiger partial charge in [0.15, 0.2) is 0 Å². The summed E-state index contributed by atoms with van der Waals surface area (Å²) in [5.41, 5.74) is 5.65. The van der Waals surface area contributed by atoms with E-state index in [0.29, 0.717) is 5.70 Å². The van der Waals surface area contributed by atoms with Crippen molar-refractivity contribution in [3.63, 3.8) is 0 Å². The van der Waals surface area contributed by atoms with Gasteiger partial charge in [0.2, 0.25) is 0 Å². The molecule has 0 aromatic rings. The lowest BCUT2D eigenvalue weighted by molar-refractivity contribution is -0.134. The zero-order valence-electron chi connectivity index (χ0n) is 3.68. The summed E-state index contributed by atoms with van der Waals surface area (Å²) in [5, 5.41) is 0. The normalized spacial score (nSPS) is 18.9. The van der Waals surface area contributed by atoms with E-state index in [4.69, 9.17) is 5.73 Å². The Balaban J connectivity index is 2.67. The molecule has 0 fully saturated rings. The van der Waals surface area contributed by atoms with Gasteiger partial charge >= 0.3 is 5.97 Å². The van der Waals surface area contributed by atoms with E-state index in [-0.39, 0.29) is 12.6 Å². The molecule has 0 aromatic heterocycles. The van der Waals surface area contributed by atoms with Crippen LogP contribution in [0.5, 0.6) is 0 Å². The molecule has 1 heterocycles. The molecule has 0 radical (unpaired) electrons. The molecular formula is C4H5NO2. The molecule has 0 saturated carbocycles. The topological polar surface area (TPSA) is 52.3 Å². The van der Waals surface area contributed by atoms with Gasteiger partial charge in [0.1, 0.15) is 6.61 Å².